The summed E-state index contributed by atoms with van der Waals surface area (Å²) in [6, 6.07) is 11.4. The van der Waals surface area contributed by atoms with Gasteiger partial charge in [0.15, 0.2) is 0 Å². The van der Waals surface area contributed by atoms with Gasteiger partial charge in [0.1, 0.15) is 0 Å². The van der Waals surface area contributed by atoms with E-state index in [0.29, 0.717) is 6.04 Å². The Labute approximate surface area is 110 Å². The fourth-order valence-electron chi connectivity index (χ4n) is 2.78. The van der Waals surface area contributed by atoms with Crippen molar-refractivity contribution in [2.24, 2.45) is 5.92 Å². The molecule has 0 aliphatic heterocycles. The normalized spacial score (nSPS) is 24.2. The van der Waals surface area contributed by atoms with E-state index in [1.54, 1.807) is 0 Å². The van der Waals surface area contributed by atoms with E-state index in [1.165, 1.54) is 30.4 Å². The van der Waals surface area contributed by atoms with E-state index in [-0.39, 0.29) is 5.92 Å². The average Bonchev–Trinajstić information content (AvgIpc) is 2.61. The van der Waals surface area contributed by atoms with Gasteiger partial charge in [-0.05, 0) is 25.3 Å². The summed E-state index contributed by atoms with van der Waals surface area (Å²) >= 11 is 0. The molecule has 1 aromatic carbocycles. The van der Waals surface area contributed by atoms with Gasteiger partial charge in [0.25, 0.3) is 0 Å². The summed E-state index contributed by atoms with van der Waals surface area (Å²) < 4.78 is 0. The minimum absolute atomic E-state index is 0.192. The van der Waals surface area contributed by atoms with Crippen LogP contribution in [0.15, 0.2) is 24.3 Å². The molecule has 18 heavy (non-hydrogen) atoms. The third-order valence-corrected chi connectivity index (χ3v) is 3.83. The fraction of sp³-hybridized carbons (Fsp3) is 0.562. The Morgan fingerprint density at radius 2 is 2.11 bits per heavy atom. The summed E-state index contributed by atoms with van der Waals surface area (Å²) in [6.07, 6.45) is 5.94. The molecule has 1 saturated carbocycles. The maximum absolute atomic E-state index is 9.24. The smallest absolute Gasteiger partial charge is 0.0672 e. The molecule has 2 heteroatoms. The topological polar surface area (TPSA) is 35.8 Å². The molecule has 0 spiro atoms. The van der Waals surface area contributed by atoms with Crippen LogP contribution in [0.2, 0.25) is 0 Å². The average molecular weight is 242 g/mol. The molecule has 2 unspecified atom stereocenters. The molecule has 0 heterocycles. The maximum atomic E-state index is 9.24. The zero-order valence-electron chi connectivity index (χ0n) is 11.2. The van der Waals surface area contributed by atoms with Crippen LogP contribution >= 0.6 is 0 Å². The van der Waals surface area contributed by atoms with Crippen LogP contribution in [0.4, 0.5) is 0 Å². The fourth-order valence-corrected chi connectivity index (χ4v) is 2.78. The lowest BCUT2D eigenvalue weighted by atomic mass is 9.96. The first-order valence-corrected chi connectivity index (χ1v) is 6.98. The lowest BCUT2D eigenvalue weighted by Gasteiger charge is -2.21. The summed E-state index contributed by atoms with van der Waals surface area (Å²) in [6.45, 7) is 3.00. The lowest BCUT2D eigenvalue weighted by Crippen LogP contribution is -2.34. The van der Waals surface area contributed by atoms with Gasteiger partial charge in [-0.3, -0.25) is 0 Å². The summed E-state index contributed by atoms with van der Waals surface area (Å²) in [4.78, 5) is 0. The second-order valence-electron chi connectivity index (χ2n) is 5.35. The van der Waals surface area contributed by atoms with Gasteiger partial charge in [-0.25, -0.2) is 0 Å². The van der Waals surface area contributed by atoms with Crippen LogP contribution in [0.3, 0.4) is 0 Å². The number of nitrogens with one attached hydrogen (secondary N) is 1. The first-order chi connectivity index (χ1) is 8.79. The van der Waals surface area contributed by atoms with Crippen molar-refractivity contribution >= 4 is 0 Å². The highest BCUT2D eigenvalue weighted by Crippen LogP contribution is 2.23. The highest BCUT2D eigenvalue weighted by molar-refractivity contribution is 5.22. The van der Waals surface area contributed by atoms with Gasteiger partial charge in [-0.1, -0.05) is 49.1 Å². The van der Waals surface area contributed by atoms with Crippen molar-refractivity contribution in [1.82, 2.24) is 5.32 Å². The third kappa shape index (κ3) is 3.58. The zero-order chi connectivity index (χ0) is 12.8. The second kappa shape index (κ2) is 6.56. The molecule has 96 valence electrons. The number of hydrogen-bond donors (Lipinski definition) is 1. The van der Waals surface area contributed by atoms with E-state index in [0.717, 1.165) is 19.4 Å². The molecule has 0 aromatic heterocycles. The van der Waals surface area contributed by atoms with E-state index in [9.17, 15) is 5.26 Å². The maximum Gasteiger partial charge on any atom is 0.0672 e. The molecule has 1 aromatic rings. The predicted octanol–water partition coefficient (Wildman–Crippen LogP) is 3.56. The van der Waals surface area contributed by atoms with Crippen LogP contribution in [0, 0.1) is 24.2 Å². The zero-order valence-corrected chi connectivity index (χ0v) is 11.2. The van der Waals surface area contributed by atoms with Crippen LogP contribution in [-0.4, -0.2) is 6.04 Å². The van der Waals surface area contributed by atoms with Crippen LogP contribution in [0.25, 0.3) is 0 Å². The van der Waals surface area contributed by atoms with Gasteiger partial charge in [0.05, 0.1) is 12.0 Å². The Bertz CT molecular complexity index is 419. The molecule has 1 fully saturated rings. The summed E-state index contributed by atoms with van der Waals surface area (Å²) in [5.74, 6) is 0.192. The Morgan fingerprint density at radius 1 is 1.28 bits per heavy atom. The summed E-state index contributed by atoms with van der Waals surface area (Å²) in [5.41, 5.74) is 2.61. The van der Waals surface area contributed by atoms with E-state index < -0.39 is 0 Å². The predicted molar refractivity (Wildman–Crippen MR) is 74.0 cm³/mol. The van der Waals surface area contributed by atoms with Crippen molar-refractivity contribution in [3.63, 3.8) is 0 Å². The Morgan fingerprint density at radius 3 is 2.89 bits per heavy atom. The van der Waals surface area contributed by atoms with Gasteiger partial charge >= 0.3 is 0 Å². The largest absolute Gasteiger partial charge is 0.309 e. The molecule has 1 aliphatic rings. The minimum Gasteiger partial charge on any atom is -0.309 e. The van der Waals surface area contributed by atoms with E-state index in [1.807, 2.05) is 0 Å². The number of nitrogens with zero attached hydrogens (tertiary/aromatic N) is 1. The van der Waals surface area contributed by atoms with E-state index in [4.69, 9.17) is 0 Å². The van der Waals surface area contributed by atoms with Gasteiger partial charge in [-0.15, -0.1) is 0 Å². The highest BCUT2D eigenvalue weighted by Gasteiger charge is 2.22. The van der Waals surface area contributed by atoms with Crippen molar-refractivity contribution in [1.29, 1.82) is 5.26 Å². The number of rotatable bonds is 3. The van der Waals surface area contributed by atoms with Crippen LogP contribution in [0.1, 0.15) is 43.2 Å². The van der Waals surface area contributed by atoms with Crippen molar-refractivity contribution < 1.29 is 0 Å². The van der Waals surface area contributed by atoms with Crippen LogP contribution in [-0.2, 0) is 6.54 Å². The van der Waals surface area contributed by atoms with Gasteiger partial charge in [0, 0.05) is 12.6 Å². The molecule has 0 amide bonds. The monoisotopic (exact) mass is 242 g/mol. The standard InChI is InChI=1S/C16H22N2/c1-13-6-5-7-14(10-13)12-18-16-9-4-2-3-8-15(16)11-17/h5-7,10,15-16,18H,2-4,8-9,12H2,1H3. The molecule has 2 nitrogen and oxygen atoms in total. The molecule has 2 atom stereocenters. The molecule has 0 radical (unpaired) electrons. The number of aryl methyl sites for hydroxylation is 1. The van der Waals surface area contributed by atoms with Crippen LogP contribution in [0.5, 0.6) is 0 Å². The quantitative estimate of drug-likeness (QED) is 0.823. The van der Waals surface area contributed by atoms with E-state index in [2.05, 4.69) is 42.6 Å². The van der Waals surface area contributed by atoms with Gasteiger partial charge in [-0.2, -0.15) is 5.26 Å². The number of hydrogen-bond acceptors (Lipinski definition) is 2. The number of benzene rings is 1. The molecular weight excluding hydrogens is 220 g/mol. The van der Waals surface area contributed by atoms with Crippen LogP contribution < -0.4 is 5.32 Å². The summed E-state index contributed by atoms with van der Waals surface area (Å²) in [5, 5.41) is 12.8. The SMILES string of the molecule is Cc1cccc(CNC2CCCCCC2C#N)c1. The van der Waals surface area contributed by atoms with Gasteiger partial charge in [0.2, 0.25) is 0 Å². The van der Waals surface area contributed by atoms with Crippen molar-refractivity contribution in [2.75, 3.05) is 0 Å². The molecular formula is C16H22N2. The lowest BCUT2D eigenvalue weighted by molar-refractivity contribution is 0.393. The van der Waals surface area contributed by atoms with Crippen molar-refractivity contribution in [2.45, 2.75) is 51.6 Å². The Kier molecular flexibility index (Phi) is 4.78. The third-order valence-electron chi connectivity index (χ3n) is 3.83. The Balaban J connectivity index is 1.93. The Hall–Kier alpha value is -1.33. The molecule has 1 N–H and O–H groups in total. The summed E-state index contributed by atoms with van der Waals surface area (Å²) in [7, 11) is 0. The first-order valence-electron chi connectivity index (χ1n) is 6.98. The minimum atomic E-state index is 0.192. The number of nitriles is 1. The van der Waals surface area contributed by atoms with E-state index >= 15 is 0 Å². The highest BCUT2D eigenvalue weighted by atomic mass is 14.9. The molecule has 2 rings (SSSR count). The van der Waals surface area contributed by atoms with Gasteiger partial charge < -0.3 is 5.32 Å². The first kappa shape index (κ1) is 13.1. The second-order valence-corrected chi connectivity index (χ2v) is 5.35. The molecule has 0 saturated heterocycles. The van der Waals surface area contributed by atoms with Crippen molar-refractivity contribution in [3.05, 3.63) is 35.4 Å². The molecule has 0 bridgehead atoms. The molecule has 1 aliphatic carbocycles. The van der Waals surface area contributed by atoms with Crippen molar-refractivity contribution in [3.8, 4) is 6.07 Å².